The summed E-state index contributed by atoms with van der Waals surface area (Å²) < 4.78 is 32.5. The minimum Gasteiger partial charge on any atom is -0.497 e. The molecule has 0 bridgehead atoms. The van der Waals surface area contributed by atoms with E-state index < -0.39 is 15.9 Å². The van der Waals surface area contributed by atoms with Crippen LogP contribution in [-0.2, 0) is 14.8 Å². The van der Waals surface area contributed by atoms with Gasteiger partial charge in [0.15, 0.2) is 11.6 Å². The Morgan fingerprint density at radius 2 is 1.47 bits per heavy atom. The van der Waals surface area contributed by atoms with Crippen LogP contribution in [0.1, 0.15) is 44.7 Å². The van der Waals surface area contributed by atoms with Crippen LogP contribution in [0.25, 0.3) is 0 Å². The van der Waals surface area contributed by atoms with Gasteiger partial charge in [0, 0.05) is 35.7 Å². The van der Waals surface area contributed by atoms with E-state index in [2.05, 4.69) is 5.32 Å². The summed E-state index contributed by atoms with van der Waals surface area (Å²) in [5, 5.41) is 2.83. The molecular weight excluding hydrogens is 480 g/mol. The molecule has 1 heterocycles. The van der Waals surface area contributed by atoms with Crippen LogP contribution in [0.15, 0.2) is 71.6 Å². The van der Waals surface area contributed by atoms with Gasteiger partial charge < -0.3 is 10.1 Å². The maximum Gasteiger partial charge on any atom is 0.243 e. The maximum atomic E-state index is 13.2. The second-order valence-electron chi connectivity index (χ2n) is 8.78. The summed E-state index contributed by atoms with van der Waals surface area (Å²) in [4.78, 5) is 39.4. The number of methoxy groups -OCH3 is 1. The second kappa shape index (κ2) is 9.33. The molecule has 1 amide bonds. The van der Waals surface area contributed by atoms with Gasteiger partial charge in [-0.15, -0.1) is 0 Å². The molecule has 184 valence electrons. The summed E-state index contributed by atoms with van der Waals surface area (Å²) in [7, 11) is -2.17. The molecule has 36 heavy (non-hydrogen) atoms. The number of nitrogens with one attached hydrogen (secondary N) is 1. The summed E-state index contributed by atoms with van der Waals surface area (Å²) in [6, 6.07) is 17.7. The van der Waals surface area contributed by atoms with Crippen molar-refractivity contribution in [2.45, 2.75) is 17.7 Å². The molecule has 0 saturated carbocycles. The molecule has 0 aromatic heterocycles. The number of piperidine rings is 1. The minimum absolute atomic E-state index is 0.172. The normalized spacial score (nSPS) is 16.2. The van der Waals surface area contributed by atoms with Crippen LogP contribution in [0, 0.1) is 5.92 Å². The molecular formula is C27H24N2O6S. The van der Waals surface area contributed by atoms with Crippen molar-refractivity contribution in [2.75, 3.05) is 25.5 Å². The number of ketones is 2. The summed E-state index contributed by atoms with van der Waals surface area (Å²) >= 11 is 0. The molecule has 3 aromatic carbocycles. The predicted molar refractivity (Wildman–Crippen MR) is 133 cm³/mol. The number of amides is 1. The van der Waals surface area contributed by atoms with Crippen molar-refractivity contribution < 1.29 is 27.5 Å². The Balaban J connectivity index is 1.30. The number of benzene rings is 3. The van der Waals surface area contributed by atoms with Gasteiger partial charge >= 0.3 is 0 Å². The molecule has 1 fully saturated rings. The fraction of sp³-hybridized carbons (Fsp3) is 0.222. The fourth-order valence-corrected chi connectivity index (χ4v) is 6.21. The zero-order chi connectivity index (χ0) is 25.4. The average molecular weight is 505 g/mol. The lowest BCUT2D eigenvalue weighted by Gasteiger charge is -2.31. The Morgan fingerprint density at radius 1 is 0.861 bits per heavy atom. The number of fused-ring (bicyclic) bond motifs is 2. The Bertz CT molecular complexity index is 1470. The smallest absolute Gasteiger partial charge is 0.243 e. The van der Waals surface area contributed by atoms with Crippen molar-refractivity contribution in [3.05, 3.63) is 89.0 Å². The van der Waals surface area contributed by atoms with E-state index in [0.717, 1.165) is 0 Å². The van der Waals surface area contributed by atoms with Crippen molar-refractivity contribution in [3.63, 3.8) is 0 Å². The molecule has 1 saturated heterocycles. The summed E-state index contributed by atoms with van der Waals surface area (Å²) in [5.74, 6) is -0.727. The first-order valence-corrected chi connectivity index (χ1v) is 13.0. The summed E-state index contributed by atoms with van der Waals surface area (Å²) in [5.41, 5.74) is 1.40. The number of hydrogen-bond donors (Lipinski definition) is 1. The third kappa shape index (κ3) is 4.10. The highest BCUT2D eigenvalue weighted by Crippen LogP contribution is 2.33. The first-order chi connectivity index (χ1) is 17.3. The number of anilines is 1. The van der Waals surface area contributed by atoms with E-state index in [4.69, 9.17) is 4.74 Å². The highest BCUT2D eigenvalue weighted by atomic mass is 32.2. The predicted octanol–water partition coefficient (Wildman–Crippen LogP) is 3.51. The zero-order valence-electron chi connectivity index (χ0n) is 19.6. The number of nitrogens with zero attached hydrogens (tertiary/aromatic N) is 1. The van der Waals surface area contributed by atoms with E-state index in [-0.39, 0.29) is 46.6 Å². The van der Waals surface area contributed by atoms with Crippen molar-refractivity contribution >= 4 is 33.2 Å². The molecule has 0 atom stereocenters. The summed E-state index contributed by atoms with van der Waals surface area (Å²) in [6.07, 6.45) is 0.678. The third-order valence-electron chi connectivity index (χ3n) is 6.73. The van der Waals surface area contributed by atoms with Gasteiger partial charge in [-0.3, -0.25) is 14.4 Å². The highest BCUT2D eigenvalue weighted by Gasteiger charge is 2.34. The number of carbonyl (C=O) groups excluding carboxylic acids is 3. The molecule has 1 N–H and O–H groups in total. The molecule has 3 aromatic rings. The molecule has 5 rings (SSSR count). The Kier molecular flexibility index (Phi) is 6.19. The fourth-order valence-electron chi connectivity index (χ4n) is 4.74. The number of ether oxygens (including phenoxy) is 1. The van der Waals surface area contributed by atoms with Crippen LogP contribution < -0.4 is 10.1 Å². The van der Waals surface area contributed by atoms with Crippen molar-refractivity contribution in [1.82, 2.24) is 4.31 Å². The molecule has 2 aliphatic rings. The van der Waals surface area contributed by atoms with Gasteiger partial charge in [0.2, 0.25) is 15.9 Å². The SMILES string of the molecule is COc1ccc(S(=O)(=O)N2CCC(C(=O)Nc3cccc4c3C(=O)c3ccccc3C4=O)CC2)cc1. The lowest BCUT2D eigenvalue weighted by Crippen LogP contribution is -2.41. The number of hydrogen-bond acceptors (Lipinski definition) is 6. The topological polar surface area (TPSA) is 110 Å². The van der Waals surface area contributed by atoms with E-state index in [1.165, 1.54) is 23.5 Å². The largest absolute Gasteiger partial charge is 0.497 e. The first-order valence-electron chi connectivity index (χ1n) is 11.6. The van der Waals surface area contributed by atoms with Crippen LogP contribution in [0.5, 0.6) is 5.75 Å². The lowest BCUT2D eigenvalue weighted by molar-refractivity contribution is -0.120. The monoisotopic (exact) mass is 504 g/mol. The van der Waals surface area contributed by atoms with Crippen molar-refractivity contribution in [2.24, 2.45) is 5.92 Å². The van der Waals surface area contributed by atoms with Gasteiger partial charge in [-0.1, -0.05) is 36.4 Å². The van der Waals surface area contributed by atoms with Gasteiger partial charge in [0.05, 0.1) is 23.3 Å². The molecule has 0 spiro atoms. The van der Waals surface area contributed by atoms with E-state index in [9.17, 15) is 22.8 Å². The number of sulfonamides is 1. The standard InChI is InChI=1S/C27H24N2O6S/c1-35-18-9-11-19(12-10-18)36(33,34)29-15-13-17(14-16-29)27(32)28-23-8-4-7-22-24(23)26(31)21-6-3-2-5-20(21)25(22)30/h2-12,17H,13-16H2,1H3,(H,28,32). The van der Waals surface area contributed by atoms with Crippen molar-refractivity contribution in [1.29, 1.82) is 0 Å². The van der Waals surface area contributed by atoms with Gasteiger partial charge in [-0.05, 0) is 43.2 Å². The van der Waals surface area contributed by atoms with Crippen LogP contribution in [0.3, 0.4) is 0 Å². The quantitative estimate of drug-likeness (QED) is 0.445. The van der Waals surface area contributed by atoms with Gasteiger partial charge in [0.25, 0.3) is 0 Å². The molecule has 1 aliphatic heterocycles. The molecule has 8 nitrogen and oxygen atoms in total. The van der Waals surface area contributed by atoms with Crippen LogP contribution in [-0.4, -0.2) is 50.4 Å². The number of rotatable bonds is 5. The van der Waals surface area contributed by atoms with E-state index in [1.807, 2.05) is 0 Å². The van der Waals surface area contributed by atoms with Crippen LogP contribution in [0.2, 0.25) is 0 Å². The van der Waals surface area contributed by atoms with Crippen LogP contribution >= 0.6 is 0 Å². The first kappa shape index (κ1) is 23.9. The lowest BCUT2D eigenvalue weighted by atomic mass is 9.83. The number of carbonyl (C=O) groups is 3. The van der Waals surface area contributed by atoms with Gasteiger partial charge in [-0.25, -0.2) is 8.42 Å². The Hall–Kier alpha value is -3.82. The molecule has 0 radical (unpaired) electrons. The summed E-state index contributed by atoms with van der Waals surface area (Å²) in [6.45, 7) is 0.397. The molecule has 1 aliphatic carbocycles. The van der Waals surface area contributed by atoms with E-state index in [1.54, 1.807) is 54.6 Å². The molecule has 9 heteroatoms. The minimum atomic E-state index is -3.69. The van der Waals surface area contributed by atoms with Crippen molar-refractivity contribution in [3.8, 4) is 5.75 Å². The van der Waals surface area contributed by atoms with Crippen LogP contribution in [0.4, 0.5) is 5.69 Å². The average Bonchev–Trinajstić information content (AvgIpc) is 2.91. The Morgan fingerprint density at radius 3 is 2.11 bits per heavy atom. The maximum absolute atomic E-state index is 13.2. The third-order valence-corrected chi connectivity index (χ3v) is 8.65. The zero-order valence-corrected chi connectivity index (χ0v) is 20.4. The van der Waals surface area contributed by atoms with Gasteiger partial charge in [0.1, 0.15) is 5.75 Å². The van der Waals surface area contributed by atoms with E-state index >= 15 is 0 Å². The van der Waals surface area contributed by atoms with Gasteiger partial charge in [-0.2, -0.15) is 4.31 Å². The highest BCUT2D eigenvalue weighted by molar-refractivity contribution is 7.89. The van der Waals surface area contributed by atoms with E-state index in [0.29, 0.717) is 35.4 Å². The second-order valence-corrected chi connectivity index (χ2v) is 10.7. The Labute approximate surface area is 208 Å². The molecule has 0 unspecified atom stereocenters.